The minimum atomic E-state index is -0.650. The van der Waals surface area contributed by atoms with E-state index in [9.17, 15) is 9.59 Å². The molecule has 0 heterocycles. The summed E-state index contributed by atoms with van der Waals surface area (Å²) >= 11 is 0. The molecule has 2 rings (SSSR count). The van der Waals surface area contributed by atoms with Gasteiger partial charge in [-0.2, -0.15) is 0 Å². The Morgan fingerprint density at radius 1 is 0.913 bits per heavy atom. The van der Waals surface area contributed by atoms with E-state index in [1.54, 1.807) is 42.5 Å². The van der Waals surface area contributed by atoms with Gasteiger partial charge in [0.05, 0.1) is 19.8 Å². The number of hydrogen-bond acceptors (Lipinski definition) is 4. The highest BCUT2D eigenvalue weighted by Crippen LogP contribution is 2.31. The Morgan fingerprint density at radius 2 is 1.52 bits per heavy atom. The van der Waals surface area contributed by atoms with Gasteiger partial charge in [-0.15, -0.1) is 0 Å². The van der Waals surface area contributed by atoms with Crippen molar-refractivity contribution in [3.63, 3.8) is 0 Å². The first kappa shape index (κ1) is 16.2. The predicted octanol–water partition coefficient (Wildman–Crippen LogP) is 2.45. The first-order valence-corrected chi connectivity index (χ1v) is 6.74. The van der Waals surface area contributed by atoms with Crippen LogP contribution in [0.2, 0.25) is 0 Å². The number of methoxy groups -OCH3 is 2. The van der Waals surface area contributed by atoms with Crippen molar-refractivity contribution in [2.24, 2.45) is 5.73 Å². The Bertz CT molecular complexity index is 714. The summed E-state index contributed by atoms with van der Waals surface area (Å²) in [6, 6.07) is 11.0. The van der Waals surface area contributed by atoms with Crippen molar-refractivity contribution in [3.05, 3.63) is 48.0 Å². The SMILES string of the molecule is COc1cccc(C(=O)Nc2ccc(NC(N)=O)cc2)c1OC. The number of urea groups is 1. The van der Waals surface area contributed by atoms with Crippen molar-refractivity contribution < 1.29 is 19.1 Å². The third-order valence-corrected chi connectivity index (χ3v) is 3.06. The average Bonchev–Trinajstić information content (AvgIpc) is 2.55. The Hall–Kier alpha value is -3.22. The molecule has 0 aliphatic carbocycles. The van der Waals surface area contributed by atoms with Crippen molar-refractivity contribution in [1.82, 2.24) is 0 Å². The second-order valence-electron chi connectivity index (χ2n) is 4.56. The zero-order valence-electron chi connectivity index (χ0n) is 12.8. The van der Waals surface area contributed by atoms with Crippen LogP contribution < -0.4 is 25.8 Å². The zero-order chi connectivity index (χ0) is 16.8. The summed E-state index contributed by atoms with van der Waals surface area (Å²) in [6.07, 6.45) is 0. The number of anilines is 2. The van der Waals surface area contributed by atoms with Crippen LogP contribution in [0.15, 0.2) is 42.5 Å². The van der Waals surface area contributed by atoms with Crippen LogP contribution in [0.3, 0.4) is 0 Å². The van der Waals surface area contributed by atoms with Gasteiger partial charge in [0.15, 0.2) is 11.5 Å². The number of benzene rings is 2. The van der Waals surface area contributed by atoms with E-state index in [-0.39, 0.29) is 5.91 Å². The summed E-state index contributed by atoms with van der Waals surface area (Å²) in [7, 11) is 2.98. The van der Waals surface area contributed by atoms with Gasteiger partial charge in [-0.1, -0.05) is 6.07 Å². The fraction of sp³-hybridized carbons (Fsp3) is 0.125. The number of ether oxygens (including phenoxy) is 2. The summed E-state index contributed by atoms with van der Waals surface area (Å²) in [5.74, 6) is 0.497. The van der Waals surface area contributed by atoms with Crippen molar-refractivity contribution >= 4 is 23.3 Å². The van der Waals surface area contributed by atoms with Crippen molar-refractivity contribution in [2.75, 3.05) is 24.9 Å². The van der Waals surface area contributed by atoms with Crippen LogP contribution in [0.4, 0.5) is 16.2 Å². The Kier molecular flexibility index (Phi) is 5.03. The van der Waals surface area contributed by atoms with Crippen molar-refractivity contribution in [3.8, 4) is 11.5 Å². The standard InChI is InChI=1S/C16H17N3O4/c1-22-13-5-3-4-12(14(13)23-2)15(20)18-10-6-8-11(9-7-10)19-16(17)21/h3-9H,1-2H3,(H,18,20)(H3,17,19,21). The molecule has 7 nitrogen and oxygen atoms in total. The van der Waals surface area contributed by atoms with E-state index in [1.807, 2.05) is 0 Å². The third kappa shape index (κ3) is 3.91. The lowest BCUT2D eigenvalue weighted by molar-refractivity contribution is 0.102. The lowest BCUT2D eigenvalue weighted by Crippen LogP contribution is -2.19. The second kappa shape index (κ2) is 7.17. The average molecular weight is 315 g/mol. The number of hydrogen-bond donors (Lipinski definition) is 3. The largest absolute Gasteiger partial charge is 0.493 e. The Morgan fingerprint density at radius 3 is 2.04 bits per heavy atom. The molecule has 0 bridgehead atoms. The molecule has 0 saturated heterocycles. The van der Waals surface area contributed by atoms with Gasteiger partial charge in [0, 0.05) is 11.4 Å². The summed E-state index contributed by atoms with van der Waals surface area (Å²) < 4.78 is 10.4. The topological polar surface area (TPSA) is 103 Å². The molecule has 0 fully saturated rings. The number of carbonyl (C=O) groups excluding carboxylic acids is 2. The fourth-order valence-electron chi connectivity index (χ4n) is 2.04. The smallest absolute Gasteiger partial charge is 0.316 e. The van der Waals surface area contributed by atoms with Crippen LogP contribution in [0.5, 0.6) is 11.5 Å². The number of rotatable bonds is 5. The van der Waals surface area contributed by atoms with Gasteiger partial charge in [0.25, 0.3) is 5.91 Å². The van der Waals surface area contributed by atoms with Crippen LogP contribution in [-0.4, -0.2) is 26.2 Å². The molecule has 2 aromatic carbocycles. The molecule has 0 aromatic heterocycles. The molecule has 0 radical (unpaired) electrons. The minimum Gasteiger partial charge on any atom is -0.493 e. The Balaban J connectivity index is 2.17. The normalized spacial score (nSPS) is 9.83. The number of para-hydroxylation sites is 1. The number of carbonyl (C=O) groups is 2. The Labute approximate surface area is 133 Å². The maximum atomic E-state index is 12.4. The summed E-state index contributed by atoms with van der Waals surface area (Å²) in [5.41, 5.74) is 6.49. The van der Waals surface area contributed by atoms with Gasteiger partial charge in [-0.3, -0.25) is 4.79 Å². The van der Waals surface area contributed by atoms with Gasteiger partial charge < -0.3 is 25.8 Å². The molecule has 0 aliphatic rings. The molecule has 2 aromatic rings. The van der Waals surface area contributed by atoms with Gasteiger partial charge >= 0.3 is 6.03 Å². The van der Waals surface area contributed by atoms with Crippen LogP contribution in [0, 0.1) is 0 Å². The fourth-order valence-corrected chi connectivity index (χ4v) is 2.04. The molecule has 4 N–H and O–H groups in total. The number of primary amides is 1. The highest BCUT2D eigenvalue weighted by atomic mass is 16.5. The predicted molar refractivity (Wildman–Crippen MR) is 87.1 cm³/mol. The molecule has 0 aliphatic heterocycles. The quantitative estimate of drug-likeness (QED) is 0.788. The maximum Gasteiger partial charge on any atom is 0.316 e. The molecule has 0 saturated carbocycles. The van der Waals surface area contributed by atoms with Crippen molar-refractivity contribution in [2.45, 2.75) is 0 Å². The molecule has 120 valence electrons. The van der Waals surface area contributed by atoms with Crippen LogP contribution in [0.25, 0.3) is 0 Å². The molecular weight excluding hydrogens is 298 g/mol. The summed E-state index contributed by atoms with van der Waals surface area (Å²) in [4.78, 5) is 23.2. The van der Waals surface area contributed by atoms with E-state index in [0.717, 1.165) is 0 Å². The molecule has 0 unspecified atom stereocenters. The van der Waals surface area contributed by atoms with E-state index in [4.69, 9.17) is 15.2 Å². The molecule has 7 heteroatoms. The number of amides is 3. The van der Waals surface area contributed by atoms with Crippen LogP contribution in [-0.2, 0) is 0 Å². The lowest BCUT2D eigenvalue weighted by atomic mass is 10.1. The van der Waals surface area contributed by atoms with Crippen LogP contribution >= 0.6 is 0 Å². The number of nitrogens with one attached hydrogen (secondary N) is 2. The summed E-state index contributed by atoms with van der Waals surface area (Å²) in [5, 5.41) is 5.19. The zero-order valence-corrected chi connectivity index (χ0v) is 12.8. The summed E-state index contributed by atoms with van der Waals surface area (Å²) in [6.45, 7) is 0. The van der Waals surface area contributed by atoms with E-state index in [0.29, 0.717) is 28.4 Å². The second-order valence-corrected chi connectivity index (χ2v) is 4.56. The van der Waals surface area contributed by atoms with Crippen LogP contribution in [0.1, 0.15) is 10.4 Å². The highest BCUT2D eigenvalue weighted by molar-refractivity contribution is 6.06. The van der Waals surface area contributed by atoms with Gasteiger partial charge in [0.2, 0.25) is 0 Å². The van der Waals surface area contributed by atoms with Gasteiger partial charge in [0.1, 0.15) is 0 Å². The lowest BCUT2D eigenvalue weighted by Gasteiger charge is -2.12. The maximum absolute atomic E-state index is 12.4. The molecule has 0 atom stereocenters. The molecule has 0 spiro atoms. The minimum absolute atomic E-state index is 0.337. The van der Waals surface area contributed by atoms with E-state index < -0.39 is 6.03 Å². The van der Waals surface area contributed by atoms with E-state index in [2.05, 4.69) is 10.6 Å². The van der Waals surface area contributed by atoms with Gasteiger partial charge in [-0.25, -0.2) is 4.79 Å². The van der Waals surface area contributed by atoms with Crippen molar-refractivity contribution in [1.29, 1.82) is 0 Å². The first-order valence-electron chi connectivity index (χ1n) is 6.74. The molecule has 23 heavy (non-hydrogen) atoms. The highest BCUT2D eigenvalue weighted by Gasteiger charge is 2.16. The van der Waals surface area contributed by atoms with Gasteiger partial charge in [-0.05, 0) is 36.4 Å². The molecular formula is C16H17N3O4. The van der Waals surface area contributed by atoms with E-state index in [1.165, 1.54) is 14.2 Å². The monoisotopic (exact) mass is 315 g/mol. The third-order valence-electron chi connectivity index (χ3n) is 3.06. The number of nitrogens with two attached hydrogens (primary N) is 1. The first-order chi connectivity index (χ1) is 11.0. The molecule has 3 amide bonds. The van der Waals surface area contributed by atoms with E-state index >= 15 is 0 Å².